The van der Waals surface area contributed by atoms with Crippen LogP contribution < -0.4 is 4.74 Å². The summed E-state index contributed by atoms with van der Waals surface area (Å²) in [5.74, 6) is -0.154. The van der Waals surface area contributed by atoms with Gasteiger partial charge in [-0.3, -0.25) is 4.68 Å². The van der Waals surface area contributed by atoms with Crippen molar-refractivity contribution in [2.24, 2.45) is 0 Å². The summed E-state index contributed by atoms with van der Waals surface area (Å²) in [6, 6.07) is 5.67. The average molecular weight is 396 g/mol. The monoisotopic (exact) mass is 396 g/mol. The Kier molecular flexibility index (Phi) is 5.62. The molecule has 26 heavy (non-hydrogen) atoms. The molecule has 3 rings (SSSR count). The first kappa shape index (κ1) is 18.5. The maximum absolute atomic E-state index is 12.9. The molecule has 3 aromatic rings. The standard InChI is InChI=1S/C16H17FN4O3S2/c1-2-21-7-13(19-20-21)10-26(22,23)11-14-9-25-16(18-14)8-24-15-5-3-12(17)4-6-15/h3-7,9H,2,8,10-11H2,1H3. The van der Waals surface area contributed by atoms with Gasteiger partial charge in [0.1, 0.15) is 23.2 Å². The third-order valence-electron chi connectivity index (χ3n) is 3.42. The summed E-state index contributed by atoms with van der Waals surface area (Å²) < 4.78 is 44.6. The lowest BCUT2D eigenvalue weighted by Gasteiger charge is -2.03. The van der Waals surface area contributed by atoms with Gasteiger partial charge in [0, 0.05) is 18.1 Å². The lowest BCUT2D eigenvalue weighted by atomic mass is 10.3. The van der Waals surface area contributed by atoms with Gasteiger partial charge < -0.3 is 4.74 Å². The first-order valence-corrected chi connectivity index (χ1v) is 10.5. The molecule has 1 aromatic carbocycles. The van der Waals surface area contributed by atoms with Gasteiger partial charge >= 0.3 is 0 Å². The fourth-order valence-electron chi connectivity index (χ4n) is 2.22. The van der Waals surface area contributed by atoms with Crippen molar-refractivity contribution < 1.29 is 17.5 Å². The molecule has 2 heterocycles. The van der Waals surface area contributed by atoms with Gasteiger partial charge in [0.25, 0.3) is 0 Å². The largest absolute Gasteiger partial charge is 0.486 e. The molecular formula is C16H17FN4O3S2. The average Bonchev–Trinajstić information content (AvgIpc) is 3.22. The molecule has 7 nitrogen and oxygen atoms in total. The second-order valence-corrected chi connectivity index (χ2v) is 8.58. The van der Waals surface area contributed by atoms with Crippen LogP contribution >= 0.6 is 11.3 Å². The fourth-order valence-corrected chi connectivity index (χ4v) is 4.31. The van der Waals surface area contributed by atoms with E-state index < -0.39 is 9.84 Å². The van der Waals surface area contributed by atoms with Gasteiger partial charge in [-0.1, -0.05) is 5.21 Å². The third kappa shape index (κ3) is 5.09. The number of halogens is 1. The van der Waals surface area contributed by atoms with E-state index in [0.717, 1.165) is 0 Å². The molecule has 2 aromatic heterocycles. The van der Waals surface area contributed by atoms with Gasteiger partial charge in [-0.05, 0) is 31.2 Å². The Bertz CT molecular complexity index is 968. The molecule has 0 aliphatic heterocycles. The maximum Gasteiger partial charge on any atom is 0.161 e. The van der Waals surface area contributed by atoms with Crippen LogP contribution in [-0.4, -0.2) is 28.4 Å². The van der Waals surface area contributed by atoms with Crippen LogP contribution in [0, 0.1) is 5.82 Å². The van der Waals surface area contributed by atoms with Crippen LogP contribution in [0.15, 0.2) is 35.8 Å². The quantitative estimate of drug-likeness (QED) is 0.582. The molecule has 0 atom stereocenters. The van der Waals surface area contributed by atoms with Gasteiger partial charge in [-0.2, -0.15) is 0 Å². The zero-order chi connectivity index (χ0) is 18.6. The van der Waals surface area contributed by atoms with Crippen LogP contribution in [0.1, 0.15) is 23.3 Å². The summed E-state index contributed by atoms with van der Waals surface area (Å²) in [6.07, 6.45) is 1.63. The minimum atomic E-state index is -3.40. The van der Waals surface area contributed by atoms with Gasteiger partial charge in [0.05, 0.1) is 22.9 Å². The maximum atomic E-state index is 12.9. The minimum absolute atomic E-state index is 0.168. The highest BCUT2D eigenvalue weighted by molar-refractivity contribution is 7.89. The number of hydrogen-bond donors (Lipinski definition) is 0. The number of sulfone groups is 1. The number of benzene rings is 1. The number of aryl methyl sites for hydroxylation is 1. The molecule has 0 aliphatic carbocycles. The summed E-state index contributed by atoms with van der Waals surface area (Å²) in [4.78, 5) is 4.29. The Labute approximate surface area is 154 Å². The fraction of sp³-hybridized carbons (Fsp3) is 0.312. The topological polar surface area (TPSA) is 87.0 Å². The highest BCUT2D eigenvalue weighted by atomic mass is 32.2. The van der Waals surface area contributed by atoms with Crippen LogP contribution in [0.2, 0.25) is 0 Å². The van der Waals surface area contributed by atoms with Crippen LogP contribution in [0.5, 0.6) is 5.75 Å². The number of hydrogen-bond acceptors (Lipinski definition) is 7. The minimum Gasteiger partial charge on any atom is -0.486 e. The number of nitrogens with zero attached hydrogens (tertiary/aromatic N) is 4. The van der Waals surface area contributed by atoms with E-state index in [1.165, 1.54) is 35.6 Å². The predicted molar refractivity (Wildman–Crippen MR) is 94.9 cm³/mol. The van der Waals surface area contributed by atoms with E-state index in [9.17, 15) is 12.8 Å². The van der Waals surface area contributed by atoms with Gasteiger partial charge in [0.2, 0.25) is 0 Å². The molecule has 0 bridgehead atoms. The van der Waals surface area contributed by atoms with E-state index >= 15 is 0 Å². The molecule has 0 unspecified atom stereocenters. The highest BCUT2D eigenvalue weighted by Gasteiger charge is 2.17. The molecule has 0 N–H and O–H groups in total. The summed E-state index contributed by atoms with van der Waals surface area (Å²) >= 11 is 1.32. The third-order valence-corrected chi connectivity index (χ3v) is 5.76. The van der Waals surface area contributed by atoms with Crippen LogP contribution in [0.4, 0.5) is 4.39 Å². The molecule has 138 valence electrons. The summed E-state index contributed by atoms with van der Waals surface area (Å²) in [5, 5.41) is 10.0. The first-order chi connectivity index (χ1) is 12.4. The molecule has 10 heteroatoms. The number of rotatable bonds is 8. The number of aromatic nitrogens is 4. The van der Waals surface area contributed by atoms with E-state index in [0.29, 0.717) is 28.7 Å². The molecule has 0 saturated carbocycles. The van der Waals surface area contributed by atoms with E-state index in [1.807, 2.05) is 6.92 Å². The Balaban J connectivity index is 1.57. The number of ether oxygens (including phenoxy) is 1. The lowest BCUT2D eigenvalue weighted by molar-refractivity contribution is 0.305. The second-order valence-electron chi connectivity index (χ2n) is 5.57. The van der Waals surface area contributed by atoms with Crippen molar-refractivity contribution in [3.05, 3.63) is 58.1 Å². The normalized spacial score (nSPS) is 11.6. The number of thiazole rings is 1. The second kappa shape index (κ2) is 7.92. The van der Waals surface area contributed by atoms with E-state index in [1.54, 1.807) is 16.3 Å². The van der Waals surface area contributed by atoms with E-state index in [2.05, 4.69) is 15.3 Å². The Morgan fingerprint density at radius 2 is 1.92 bits per heavy atom. The van der Waals surface area contributed by atoms with Crippen LogP contribution in [-0.2, 0) is 34.5 Å². The Morgan fingerprint density at radius 3 is 2.62 bits per heavy atom. The molecule has 0 saturated heterocycles. The van der Waals surface area contributed by atoms with Gasteiger partial charge in [-0.25, -0.2) is 17.8 Å². The van der Waals surface area contributed by atoms with Crippen molar-refractivity contribution in [3.8, 4) is 5.75 Å². The van der Waals surface area contributed by atoms with Crippen LogP contribution in [0.25, 0.3) is 0 Å². The molecule has 0 aliphatic rings. The van der Waals surface area contributed by atoms with Crippen molar-refractivity contribution in [1.82, 2.24) is 20.0 Å². The molecule has 0 amide bonds. The van der Waals surface area contributed by atoms with Gasteiger partial charge in [-0.15, -0.1) is 16.4 Å². The molecule has 0 spiro atoms. The molecule has 0 radical (unpaired) electrons. The Hall–Kier alpha value is -2.33. The molecular weight excluding hydrogens is 379 g/mol. The lowest BCUT2D eigenvalue weighted by Crippen LogP contribution is -2.08. The van der Waals surface area contributed by atoms with Crippen molar-refractivity contribution in [3.63, 3.8) is 0 Å². The zero-order valence-electron chi connectivity index (χ0n) is 14.0. The summed E-state index contributed by atoms with van der Waals surface area (Å²) in [7, 11) is -3.40. The SMILES string of the molecule is CCn1cc(CS(=O)(=O)Cc2csc(COc3ccc(F)cc3)n2)nn1. The zero-order valence-corrected chi connectivity index (χ0v) is 15.6. The van der Waals surface area contributed by atoms with Crippen molar-refractivity contribution in [1.29, 1.82) is 0 Å². The first-order valence-electron chi connectivity index (χ1n) is 7.84. The van der Waals surface area contributed by atoms with Gasteiger partial charge in [0.15, 0.2) is 9.84 Å². The Morgan fingerprint density at radius 1 is 1.19 bits per heavy atom. The van der Waals surface area contributed by atoms with Crippen molar-refractivity contribution >= 4 is 21.2 Å². The highest BCUT2D eigenvalue weighted by Crippen LogP contribution is 2.18. The van der Waals surface area contributed by atoms with E-state index in [4.69, 9.17) is 4.74 Å². The summed E-state index contributed by atoms with van der Waals surface area (Å²) in [6.45, 7) is 2.73. The van der Waals surface area contributed by atoms with Crippen molar-refractivity contribution in [2.75, 3.05) is 0 Å². The van der Waals surface area contributed by atoms with Crippen molar-refractivity contribution in [2.45, 2.75) is 31.6 Å². The van der Waals surface area contributed by atoms with E-state index in [-0.39, 0.29) is 23.9 Å². The predicted octanol–water partition coefficient (Wildman–Crippen LogP) is 2.59. The summed E-state index contributed by atoms with van der Waals surface area (Å²) in [5.41, 5.74) is 0.887. The van der Waals surface area contributed by atoms with Crippen LogP contribution in [0.3, 0.4) is 0 Å². The molecule has 0 fully saturated rings. The smallest absolute Gasteiger partial charge is 0.161 e.